The molecule has 0 fully saturated rings. The Labute approximate surface area is 400 Å². The predicted octanol–water partition coefficient (Wildman–Crippen LogP) is 15.9. The van der Waals surface area contributed by atoms with Gasteiger partial charge in [0.1, 0.15) is 5.75 Å². The van der Waals surface area contributed by atoms with Gasteiger partial charge in [-0.3, -0.25) is 0 Å². The highest BCUT2D eigenvalue weighted by atomic mass is 16.5. The summed E-state index contributed by atoms with van der Waals surface area (Å²) in [6.45, 7) is 0. The third-order valence-corrected chi connectivity index (χ3v) is 14.1. The maximum absolute atomic E-state index is 5.58. The molecule has 0 N–H and O–H groups in total. The molecule has 0 unspecified atom stereocenters. The SMILES string of the molecule is COc1ccc(N(c2ccc(C3(c4cccc(-c5cnc(-c6ccc(-n7c8ccccc8c8ccccc87)cc6)nc5)c4)c4ccccc4-c4ccccc43)cc2)c2cccc3ccccc23)cc1. The Hall–Kier alpha value is -9.06. The van der Waals surface area contributed by atoms with Crippen LogP contribution in [-0.4, -0.2) is 21.6 Å². The van der Waals surface area contributed by atoms with Crippen LogP contribution in [0, 0.1) is 0 Å². The molecule has 2 aromatic heterocycles. The summed E-state index contributed by atoms with van der Waals surface area (Å²) in [7, 11) is 1.71. The Balaban J connectivity index is 0.893. The van der Waals surface area contributed by atoms with Crippen molar-refractivity contribution in [3.05, 3.63) is 271 Å². The lowest BCUT2D eigenvalue weighted by Crippen LogP contribution is -2.28. The van der Waals surface area contributed by atoms with Crippen molar-refractivity contribution in [2.24, 2.45) is 0 Å². The van der Waals surface area contributed by atoms with Crippen LogP contribution in [0.25, 0.3) is 71.9 Å². The largest absolute Gasteiger partial charge is 0.497 e. The fourth-order valence-electron chi connectivity index (χ4n) is 11.0. The molecule has 0 bridgehead atoms. The standard InChI is InChI=1S/C64H44N4O/c1-69-52-38-36-50(37-39-52)67(60-27-13-15-43-14-2-3-18-53(43)60)49-34-30-47(31-35-49)64(58-23-8-4-19-54(58)55-20-5-9-24-59(55)64)48-17-12-16-45(40-48)46-41-65-63(66-42-46)44-28-32-51(33-29-44)68-61-25-10-6-21-56(61)57-22-7-11-26-62(57)68/h2-42H,1H3. The van der Waals surface area contributed by atoms with Crippen molar-refractivity contribution in [1.29, 1.82) is 0 Å². The average Bonchev–Trinajstić information content (AvgIpc) is 3.93. The minimum absolute atomic E-state index is 0.606. The van der Waals surface area contributed by atoms with E-state index in [1.54, 1.807) is 7.11 Å². The third kappa shape index (κ3) is 6.46. The lowest BCUT2D eigenvalue weighted by Gasteiger charge is -2.35. The van der Waals surface area contributed by atoms with Gasteiger partial charge in [-0.25, -0.2) is 9.97 Å². The Morgan fingerprint density at radius 1 is 0.435 bits per heavy atom. The van der Waals surface area contributed by atoms with Gasteiger partial charge < -0.3 is 14.2 Å². The van der Waals surface area contributed by atoms with Crippen molar-refractivity contribution >= 4 is 49.6 Å². The molecular formula is C64H44N4O. The predicted molar refractivity (Wildman–Crippen MR) is 283 cm³/mol. The molecule has 326 valence electrons. The molecule has 1 aliphatic rings. The number of para-hydroxylation sites is 2. The number of ether oxygens (including phenoxy) is 1. The Bertz CT molecular complexity index is 3770. The van der Waals surface area contributed by atoms with Crippen molar-refractivity contribution in [2.45, 2.75) is 5.41 Å². The molecule has 0 aliphatic heterocycles. The summed E-state index contributed by atoms with van der Waals surface area (Å²) < 4.78 is 7.91. The van der Waals surface area contributed by atoms with Crippen LogP contribution >= 0.6 is 0 Å². The first-order valence-corrected chi connectivity index (χ1v) is 23.4. The highest BCUT2D eigenvalue weighted by molar-refractivity contribution is 6.09. The number of rotatable bonds is 9. The molecule has 0 saturated carbocycles. The number of aromatic nitrogens is 3. The summed E-state index contributed by atoms with van der Waals surface area (Å²) in [5.41, 5.74) is 16.4. The van der Waals surface area contributed by atoms with Crippen molar-refractivity contribution in [2.75, 3.05) is 12.0 Å². The lowest BCUT2D eigenvalue weighted by molar-refractivity contribution is 0.415. The van der Waals surface area contributed by atoms with Gasteiger partial charge in [-0.15, -0.1) is 0 Å². The highest BCUT2D eigenvalue weighted by Gasteiger charge is 2.46. The van der Waals surface area contributed by atoms with E-state index in [2.05, 4.69) is 234 Å². The van der Waals surface area contributed by atoms with Gasteiger partial charge in [0.2, 0.25) is 0 Å². The van der Waals surface area contributed by atoms with E-state index in [0.29, 0.717) is 5.82 Å². The topological polar surface area (TPSA) is 43.2 Å². The van der Waals surface area contributed by atoms with Crippen molar-refractivity contribution in [1.82, 2.24) is 14.5 Å². The number of hydrogen-bond donors (Lipinski definition) is 0. The second-order valence-electron chi connectivity index (χ2n) is 17.7. The molecule has 10 aromatic carbocycles. The van der Waals surface area contributed by atoms with Gasteiger partial charge in [0.25, 0.3) is 0 Å². The third-order valence-electron chi connectivity index (χ3n) is 14.1. The van der Waals surface area contributed by atoms with E-state index in [9.17, 15) is 0 Å². The van der Waals surface area contributed by atoms with Crippen molar-refractivity contribution < 1.29 is 4.74 Å². The average molecular weight is 885 g/mol. The van der Waals surface area contributed by atoms with Crippen molar-refractivity contribution in [3.8, 4) is 45.1 Å². The van der Waals surface area contributed by atoms with Crippen molar-refractivity contribution in [3.63, 3.8) is 0 Å². The van der Waals surface area contributed by atoms with Crippen LogP contribution in [0.3, 0.4) is 0 Å². The second-order valence-corrected chi connectivity index (χ2v) is 17.7. The number of hydrogen-bond acceptors (Lipinski definition) is 4. The molecule has 2 heterocycles. The van der Waals surface area contributed by atoms with Crippen LogP contribution in [0.2, 0.25) is 0 Å². The molecule has 13 rings (SSSR count). The normalized spacial score (nSPS) is 12.5. The fraction of sp³-hybridized carbons (Fsp3) is 0.0312. The van der Waals surface area contributed by atoms with E-state index < -0.39 is 5.41 Å². The maximum Gasteiger partial charge on any atom is 0.159 e. The summed E-state index contributed by atoms with van der Waals surface area (Å²) in [5.74, 6) is 1.50. The van der Waals surface area contributed by atoms with Gasteiger partial charge in [-0.2, -0.15) is 0 Å². The number of nitrogens with zero attached hydrogens (tertiary/aromatic N) is 4. The molecule has 0 spiro atoms. The number of benzene rings is 10. The molecule has 5 heteroatoms. The summed E-state index contributed by atoms with van der Waals surface area (Å²) in [4.78, 5) is 12.3. The Morgan fingerprint density at radius 2 is 0.986 bits per heavy atom. The van der Waals surface area contributed by atoms with Gasteiger partial charge in [0.05, 0.1) is 29.2 Å². The van der Waals surface area contributed by atoms with Crippen LogP contribution < -0.4 is 9.64 Å². The molecule has 12 aromatic rings. The zero-order valence-corrected chi connectivity index (χ0v) is 37.9. The van der Waals surface area contributed by atoms with Gasteiger partial charge >= 0.3 is 0 Å². The number of fused-ring (bicyclic) bond motifs is 7. The van der Waals surface area contributed by atoms with Gasteiger partial charge in [0.15, 0.2) is 5.82 Å². The first-order valence-electron chi connectivity index (χ1n) is 23.4. The first-order chi connectivity index (χ1) is 34.2. The molecule has 0 radical (unpaired) electrons. The Morgan fingerprint density at radius 3 is 1.64 bits per heavy atom. The van der Waals surface area contributed by atoms with E-state index in [-0.39, 0.29) is 0 Å². The van der Waals surface area contributed by atoms with E-state index in [0.717, 1.165) is 45.2 Å². The molecule has 0 saturated heterocycles. The minimum Gasteiger partial charge on any atom is -0.497 e. The molecular weight excluding hydrogens is 841 g/mol. The van der Waals surface area contributed by atoms with Gasteiger partial charge in [0, 0.05) is 56.7 Å². The summed E-state index contributed by atoms with van der Waals surface area (Å²) in [6, 6.07) is 85.1. The van der Waals surface area contributed by atoms with Gasteiger partial charge in [-0.05, 0) is 129 Å². The second kappa shape index (κ2) is 16.4. The van der Waals surface area contributed by atoms with E-state index in [1.165, 1.54) is 66.0 Å². The molecule has 1 aliphatic carbocycles. The van der Waals surface area contributed by atoms with E-state index >= 15 is 0 Å². The van der Waals surface area contributed by atoms with E-state index in [1.807, 2.05) is 24.5 Å². The Kier molecular flexibility index (Phi) is 9.55. The van der Waals surface area contributed by atoms with Crippen LogP contribution in [0.15, 0.2) is 249 Å². The van der Waals surface area contributed by atoms with Crippen LogP contribution in [-0.2, 0) is 5.41 Å². The minimum atomic E-state index is -0.606. The van der Waals surface area contributed by atoms with Crippen LogP contribution in [0.4, 0.5) is 17.1 Å². The number of methoxy groups -OCH3 is 1. The van der Waals surface area contributed by atoms with E-state index in [4.69, 9.17) is 14.7 Å². The van der Waals surface area contributed by atoms with Gasteiger partial charge in [-0.1, -0.05) is 152 Å². The zero-order valence-electron chi connectivity index (χ0n) is 37.9. The summed E-state index contributed by atoms with van der Waals surface area (Å²) >= 11 is 0. The molecule has 69 heavy (non-hydrogen) atoms. The number of anilines is 3. The smallest absolute Gasteiger partial charge is 0.159 e. The molecule has 5 nitrogen and oxygen atoms in total. The zero-order chi connectivity index (χ0) is 45.9. The first kappa shape index (κ1) is 40.2. The fourth-order valence-corrected chi connectivity index (χ4v) is 11.0. The molecule has 0 amide bonds. The lowest BCUT2D eigenvalue weighted by atomic mass is 9.67. The summed E-state index contributed by atoms with van der Waals surface area (Å²) in [5, 5.41) is 4.86. The monoisotopic (exact) mass is 884 g/mol. The summed E-state index contributed by atoms with van der Waals surface area (Å²) in [6.07, 6.45) is 3.92. The molecule has 0 atom stereocenters. The highest BCUT2D eigenvalue weighted by Crippen LogP contribution is 2.56. The quantitative estimate of drug-likeness (QED) is 0.145. The van der Waals surface area contributed by atoms with Crippen LogP contribution in [0.1, 0.15) is 22.3 Å². The van der Waals surface area contributed by atoms with Crippen LogP contribution in [0.5, 0.6) is 5.75 Å². The maximum atomic E-state index is 5.58.